The Labute approximate surface area is 167 Å². The fraction of sp³-hybridized carbons (Fsp3) is 0.619. The molecule has 0 atom stereocenters. The van der Waals surface area contributed by atoms with Gasteiger partial charge in [-0.3, -0.25) is 0 Å². The fourth-order valence-corrected chi connectivity index (χ4v) is 3.80. The van der Waals surface area contributed by atoms with Gasteiger partial charge in [-0.05, 0) is 62.8 Å². The first-order valence-electron chi connectivity index (χ1n) is 10.4. The largest absolute Gasteiger partial charge is 0.450 e. The maximum absolute atomic E-state index is 12.3. The number of likely N-dealkylation sites (tertiary alicyclic amines) is 1. The first-order chi connectivity index (χ1) is 13.5. The Kier molecular flexibility index (Phi) is 7.01. The molecule has 0 bridgehead atoms. The number of amides is 3. The van der Waals surface area contributed by atoms with Gasteiger partial charge in [-0.15, -0.1) is 0 Å². The standard InChI is InChI=1S/C21H32N4O3/c1-3-28-21(27)25-14-10-18(11-15-25)23-20(26)22-17-4-6-19(7-5-17)24-12-8-16(2)9-13-24/h4-7,16,18H,3,8-15H2,1-2H3,(H2,22,23,26). The zero-order valence-corrected chi connectivity index (χ0v) is 16.9. The number of benzene rings is 1. The van der Waals surface area contributed by atoms with Crippen LogP contribution in [0.4, 0.5) is 21.0 Å². The molecular formula is C21H32N4O3. The number of piperidine rings is 2. The number of rotatable bonds is 4. The highest BCUT2D eigenvalue weighted by Gasteiger charge is 2.24. The molecule has 2 N–H and O–H groups in total. The van der Waals surface area contributed by atoms with Gasteiger partial charge in [0.15, 0.2) is 0 Å². The molecule has 2 aliphatic heterocycles. The number of hydrogen-bond acceptors (Lipinski definition) is 4. The van der Waals surface area contributed by atoms with E-state index < -0.39 is 0 Å². The molecule has 3 rings (SSSR count). The molecule has 2 saturated heterocycles. The average Bonchev–Trinajstić information content (AvgIpc) is 2.70. The van der Waals surface area contributed by atoms with Crippen molar-refractivity contribution in [2.45, 2.75) is 45.6 Å². The predicted octanol–water partition coefficient (Wildman–Crippen LogP) is 3.67. The molecule has 1 aromatic rings. The molecule has 28 heavy (non-hydrogen) atoms. The molecule has 0 unspecified atom stereocenters. The summed E-state index contributed by atoms with van der Waals surface area (Å²) >= 11 is 0. The first-order valence-corrected chi connectivity index (χ1v) is 10.4. The molecule has 7 heteroatoms. The second kappa shape index (κ2) is 9.66. The summed E-state index contributed by atoms with van der Waals surface area (Å²) in [5.41, 5.74) is 2.00. The van der Waals surface area contributed by atoms with Gasteiger partial charge in [0.25, 0.3) is 0 Å². The minimum Gasteiger partial charge on any atom is -0.450 e. The van der Waals surface area contributed by atoms with Gasteiger partial charge in [0.2, 0.25) is 0 Å². The Hall–Kier alpha value is -2.44. The Bertz CT molecular complexity index is 648. The summed E-state index contributed by atoms with van der Waals surface area (Å²) < 4.78 is 5.02. The summed E-state index contributed by atoms with van der Waals surface area (Å²) in [6.07, 6.45) is 3.67. The minimum absolute atomic E-state index is 0.0697. The average molecular weight is 389 g/mol. The van der Waals surface area contributed by atoms with Gasteiger partial charge >= 0.3 is 12.1 Å². The third-order valence-corrected chi connectivity index (χ3v) is 5.63. The smallest absolute Gasteiger partial charge is 0.409 e. The van der Waals surface area contributed by atoms with Crippen LogP contribution in [0.25, 0.3) is 0 Å². The quantitative estimate of drug-likeness (QED) is 0.825. The third kappa shape index (κ3) is 5.53. The highest BCUT2D eigenvalue weighted by molar-refractivity contribution is 5.89. The molecule has 0 spiro atoms. The van der Waals surface area contributed by atoms with Crippen molar-refractivity contribution in [1.29, 1.82) is 0 Å². The molecule has 2 fully saturated rings. The predicted molar refractivity (Wildman–Crippen MR) is 111 cm³/mol. The van der Waals surface area contributed by atoms with Crippen LogP contribution in [0.15, 0.2) is 24.3 Å². The zero-order valence-electron chi connectivity index (χ0n) is 16.9. The van der Waals surface area contributed by atoms with Crippen molar-refractivity contribution < 1.29 is 14.3 Å². The van der Waals surface area contributed by atoms with Crippen molar-refractivity contribution in [3.8, 4) is 0 Å². The van der Waals surface area contributed by atoms with E-state index in [2.05, 4.69) is 34.6 Å². The molecule has 1 aromatic carbocycles. The maximum Gasteiger partial charge on any atom is 0.409 e. The van der Waals surface area contributed by atoms with Gasteiger partial charge in [0.1, 0.15) is 0 Å². The van der Waals surface area contributed by atoms with Crippen LogP contribution in [0, 0.1) is 5.92 Å². The van der Waals surface area contributed by atoms with Gasteiger partial charge in [0.05, 0.1) is 6.61 Å². The van der Waals surface area contributed by atoms with E-state index in [1.807, 2.05) is 12.1 Å². The second-order valence-corrected chi connectivity index (χ2v) is 7.78. The Morgan fingerprint density at radius 1 is 1.04 bits per heavy atom. The Morgan fingerprint density at radius 3 is 2.29 bits per heavy atom. The van der Waals surface area contributed by atoms with E-state index in [-0.39, 0.29) is 18.2 Å². The number of anilines is 2. The van der Waals surface area contributed by atoms with Crippen LogP contribution in [0.3, 0.4) is 0 Å². The van der Waals surface area contributed by atoms with Crippen molar-refractivity contribution in [2.24, 2.45) is 5.92 Å². The summed E-state index contributed by atoms with van der Waals surface area (Å²) in [6.45, 7) is 7.90. The number of ether oxygens (including phenoxy) is 1. The zero-order chi connectivity index (χ0) is 19.9. The number of nitrogens with zero attached hydrogens (tertiary/aromatic N) is 2. The highest BCUT2D eigenvalue weighted by atomic mass is 16.6. The number of carbonyl (C=O) groups excluding carboxylic acids is 2. The van der Waals surface area contributed by atoms with Gasteiger partial charge in [0, 0.05) is 43.6 Å². The van der Waals surface area contributed by atoms with E-state index in [1.165, 1.54) is 18.5 Å². The lowest BCUT2D eigenvalue weighted by atomic mass is 9.99. The SMILES string of the molecule is CCOC(=O)N1CCC(NC(=O)Nc2ccc(N3CCC(C)CC3)cc2)CC1. The van der Waals surface area contributed by atoms with Crippen molar-refractivity contribution in [3.63, 3.8) is 0 Å². The molecule has 0 aromatic heterocycles. The van der Waals surface area contributed by atoms with Crippen LogP contribution in [0.2, 0.25) is 0 Å². The van der Waals surface area contributed by atoms with Crippen molar-refractivity contribution in [3.05, 3.63) is 24.3 Å². The van der Waals surface area contributed by atoms with E-state index in [4.69, 9.17) is 4.74 Å². The summed E-state index contributed by atoms with van der Waals surface area (Å²) in [4.78, 5) is 28.1. The van der Waals surface area contributed by atoms with Gasteiger partial charge < -0.3 is 25.2 Å². The topological polar surface area (TPSA) is 73.9 Å². The highest BCUT2D eigenvalue weighted by Crippen LogP contribution is 2.24. The van der Waals surface area contributed by atoms with Crippen molar-refractivity contribution >= 4 is 23.5 Å². The van der Waals surface area contributed by atoms with Crippen molar-refractivity contribution in [2.75, 3.05) is 43.0 Å². The van der Waals surface area contributed by atoms with Crippen LogP contribution in [0.5, 0.6) is 0 Å². The summed E-state index contributed by atoms with van der Waals surface area (Å²) in [5, 5.41) is 5.91. The normalized spacial score (nSPS) is 18.6. The van der Waals surface area contributed by atoms with Crippen LogP contribution in [-0.4, -0.2) is 55.9 Å². The Morgan fingerprint density at radius 2 is 1.68 bits per heavy atom. The molecular weight excluding hydrogens is 356 g/mol. The van der Waals surface area contributed by atoms with Crippen molar-refractivity contribution in [1.82, 2.24) is 10.2 Å². The van der Waals surface area contributed by atoms with E-state index in [1.54, 1.807) is 11.8 Å². The second-order valence-electron chi connectivity index (χ2n) is 7.78. The fourth-order valence-electron chi connectivity index (χ4n) is 3.80. The molecule has 2 aliphatic rings. The van der Waals surface area contributed by atoms with E-state index >= 15 is 0 Å². The lowest BCUT2D eigenvalue weighted by molar-refractivity contribution is 0.0959. The number of hydrogen-bond donors (Lipinski definition) is 2. The minimum atomic E-state index is -0.270. The molecule has 0 aliphatic carbocycles. The summed E-state index contributed by atoms with van der Waals surface area (Å²) in [5.74, 6) is 0.810. The van der Waals surface area contributed by atoms with E-state index in [0.29, 0.717) is 19.7 Å². The molecule has 7 nitrogen and oxygen atoms in total. The van der Waals surface area contributed by atoms with E-state index in [9.17, 15) is 9.59 Å². The first kappa shape index (κ1) is 20.3. The van der Waals surface area contributed by atoms with E-state index in [0.717, 1.165) is 37.5 Å². The number of nitrogens with one attached hydrogen (secondary N) is 2. The number of urea groups is 1. The van der Waals surface area contributed by atoms with Gasteiger partial charge in [-0.1, -0.05) is 6.92 Å². The molecule has 154 valence electrons. The van der Waals surface area contributed by atoms with Gasteiger partial charge in [-0.2, -0.15) is 0 Å². The lowest BCUT2D eigenvalue weighted by Crippen LogP contribution is -2.47. The maximum atomic E-state index is 12.3. The van der Waals surface area contributed by atoms with Crippen LogP contribution >= 0.6 is 0 Å². The number of carbonyl (C=O) groups is 2. The summed E-state index contributed by atoms with van der Waals surface area (Å²) in [6, 6.07) is 7.92. The summed E-state index contributed by atoms with van der Waals surface area (Å²) in [7, 11) is 0. The van der Waals surface area contributed by atoms with Gasteiger partial charge in [-0.25, -0.2) is 9.59 Å². The van der Waals surface area contributed by atoms with Crippen LogP contribution in [-0.2, 0) is 4.74 Å². The molecule has 0 radical (unpaired) electrons. The Balaban J connectivity index is 1.42. The molecule has 0 saturated carbocycles. The monoisotopic (exact) mass is 388 g/mol. The molecule has 2 heterocycles. The van der Waals surface area contributed by atoms with Crippen LogP contribution < -0.4 is 15.5 Å². The molecule has 3 amide bonds. The third-order valence-electron chi connectivity index (χ3n) is 5.63. The van der Waals surface area contributed by atoms with Crippen LogP contribution in [0.1, 0.15) is 39.5 Å². The lowest BCUT2D eigenvalue weighted by Gasteiger charge is -2.32.